The van der Waals surface area contributed by atoms with Crippen LogP contribution in [0.5, 0.6) is 0 Å². The van der Waals surface area contributed by atoms with Crippen LogP contribution in [0.15, 0.2) is 64.7 Å². The van der Waals surface area contributed by atoms with E-state index in [-0.39, 0.29) is 6.42 Å². The van der Waals surface area contributed by atoms with Gasteiger partial charge in [-0.2, -0.15) is 0 Å². The molecule has 2 aliphatic rings. The molecule has 0 radical (unpaired) electrons. The van der Waals surface area contributed by atoms with Crippen LogP contribution in [0.25, 0.3) is 0 Å². The number of thiophene rings is 1. The van der Waals surface area contributed by atoms with E-state index >= 15 is 0 Å². The molecule has 2 N–H and O–H groups in total. The highest BCUT2D eigenvalue weighted by Crippen LogP contribution is 2.29. The van der Waals surface area contributed by atoms with Crippen molar-refractivity contribution >= 4 is 23.0 Å². The molecule has 2 unspecified atom stereocenters. The summed E-state index contributed by atoms with van der Waals surface area (Å²) >= 11 is 1.72. The summed E-state index contributed by atoms with van der Waals surface area (Å²) in [5.41, 5.74) is 3.30. The molecule has 1 aromatic heterocycles. The van der Waals surface area contributed by atoms with Crippen molar-refractivity contribution in [1.82, 2.24) is 5.32 Å². The van der Waals surface area contributed by atoms with E-state index < -0.39 is 5.97 Å². The lowest BCUT2D eigenvalue weighted by atomic mass is 9.95. The number of hydrogen-bond donors (Lipinski definition) is 2. The monoisotopic (exact) mass is 412 g/mol. The van der Waals surface area contributed by atoms with Gasteiger partial charge in [-0.15, -0.1) is 11.3 Å². The fourth-order valence-corrected chi connectivity index (χ4v) is 4.16. The molecule has 0 aliphatic heterocycles. The van der Waals surface area contributed by atoms with Crippen molar-refractivity contribution in [3.05, 3.63) is 70.0 Å². The largest absolute Gasteiger partial charge is 0.481 e. The van der Waals surface area contributed by atoms with Crippen molar-refractivity contribution in [3.63, 3.8) is 0 Å². The number of nitrogens with one attached hydrogen (secondary N) is 1. The minimum absolute atomic E-state index is 0.154. The smallest absolute Gasteiger partial charge is 0.304 e. The van der Waals surface area contributed by atoms with Gasteiger partial charge < -0.3 is 15.3 Å². The van der Waals surface area contributed by atoms with Crippen LogP contribution in [-0.4, -0.2) is 29.9 Å². The van der Waals surface area contributed by atoms with Crippen molar-refractivity contribution in [2.45, 2.75) is 38.7 Å². The average molecular weight is 413 g/mol. The van der Waals surface area contributed by atoms with Gasteiger partial charge in [0.2, 0.25) is 0 Å². The van der Waals surface area contributed by atoms with Gasteiger partial charge >= 0.3 is 5.97 Å². The number of oxime groups is 1. The van der Waals surface area contributed by atoms with Crippen LogP contribution in [0.2, 0.25) is 0 Å². The molecule has 0 spiro atoms. The highest BCUT2D eigenvalue weighted by molar-refractivity contribution is 7.10. The molecular weight excluding hydrogens is 384 g/mol. The number of nitrogens with zero attached hydrogens (tertiary/aromatic N) is 1. The summed E-state index contributed by atoms with van der Waals surface area (Å²) in [6.45, 7) is 3.73. The minimum Gasteiger partial charge on any atom is -0.481 e. The molecule has 1 aromatic rings. The summed E-state index contributed by atoms with van der Waals surface area (Å²) in [6, 6.07) is 2.21. The van der Waals surface area contributed by atoms with Crippen molar-refractivity contribution < 1.29 is 14.7 Å². The first kappa shape index (κ1) is 21.3. The third kappa shape index (κ3) is 6.84. The maximum absolute atomic E-state index is 10.5. The summed E-state index contributed by atoms with van der Waals surface area (Å²) in [7, 11) is 0. The topological polar surface area (TPSA) is 70.9 Å². The van der Waals surface area contributed by atoms with Crippen LogP contribution in [-0.2, 0) is 16.2 Å². The van der Waals surface area contributed by atoms with Gasteiger partial charge in [-0.25, -0.2) is 0 Å². The Morgan fingerprint density at radius 3 is 2.97 bits per heavy atom. The molecule has 2 aliphatic carbocycles. The SMILES string of the molecule is C/C(=N\OCc1cc(C2C=CC=CC2)cs1)C1=CCC(CNCCC(=O)O)C=C1. The summed E-state index contributed by atoms with van der Waals surface area (Å²) in [5.74, 6) is 0.0845. The average Bonchev–Trinajstić information content (AvgIpc) is 3.21. The predicted molar refractivity (Wildman–Crippen MR) is 118 cm³/mol. The van der Waals surface area contributed by atoms with Gasteiger partial charge in [-0.1, -0.05) is 47.7 Å². The molecule has 154 valence electrons. The van der Waals surface area contributed by atoms with Gasteiger partial charge in [0.1, 0.15) is 0 Å². The van der Waals surface area contributed by atoms with E-state index in [1.54, 1.807) is 11.3 Å². The maximum Gasteiger partial charge on any atom is 0.304 e. The fraction of sp³-hybridized carbons (Fsp3) is 0.391. The lowest BCUT2D eigenvalue weighted by molar-refractivity contribution is -0.136. The lowest BCUT2D eigenvalue weighted by Crippen LogP contribution is -2.25. The Morgan fingerprint density at radius 1 is 1.34 bits per heavy atom. The van der Waals surface area contributed by atoms with E-state index in [1.807, 2.05) is 6.92 Å². The highest BCUT2D eigenvalue weighted by Gasteiger charge is 2.12. The van der Waals surface area contributed by atoms with E-state index in [4.69, 9.17) is 9.94 Å². The predicted octanol–water partition coefficient (Wildman–Crippen LogP) is 4.81. The van der Waals surface area contributed by atoms with Crippen LogP contribution in [0.1, 0.15) is 42.5 Å². The van der Waals surface area contributed by atoms with E-state index in [0.717, 1.165) is 30.7 Å². The Kier molecular flexibility index (Phi) is 8.02. The number of aliphatic carboxylic acids is 1. The fourth-order valence-electron chi connectivity index (χ4n) is 3.31. The van der Waals surface area contributed by atoms with Crippen molar-refractivity contribution in [2.75, 3.05) is 13.1 Å². The van der Waals surface area contributed by atoms with Crippen molar-refractivity contribution in [1.29, 1.82) is 0 Å². The standard InChI is InChI=1S/C23H28N2O3S/c1-17(19-9-7-18(8-10-19)14-24-12-11-23(26)27)25-28-15-22-13-21(16-29-22)20-5-3-2-4-6-20/h2-5,7,9-10,13,16,18,20,24H,6,8,11-12,14-15H2,1H3,(H,26,27)/b25-17+. The number of carbonyl (C=O) groups is 1. The maximum atomic E-state index is 10.5. The van der Waals surface area contributed by atoms with E-state index in [2.05, 4.69) is 64.5 Å². The first-order valence-electron chi connectivity index (χ1n) is 10.00. The van der Waals surface area contributed by atoms with Crippen LogP contribution >= 0.6 is 11.3 Å². The van der Waals surface area contributed by atoms with Crippen LogP contribution in [0, 0.1) is 5.92 Å². The zero-order valence-electron chi connectivity index (χ0n) is 16.7. The normalized spacial score (nSPS) is 21.3. The van der Waals surface area contributed by atoms with Crippen LogP contribution in [0.4, 0.5) is 0 Å². The van der Waals surface area contributed by atoms with E-state index in [1.165, 1.54) is 10.4 Å². The molecule has 5 nitrogen and oxygen atoms in total. The highest BCUT2D eigenvalue weighted by atomic mass is 32.1. The van der Waals surface area contributed by atoms with Crippen molar-refractivity contribution in [3.8, 4) is 0 Å². The number of hydrogen-bond acceptors (Lipinski definition) is 5. The Hall–Kier alpha value is -2.44. The van der Waals surface area contributed by atoms with Gasteiger partial charge in [0.25, 0.3) is 0 Å². The number of allylic oxidation sites excluding steroid dienone is 7. The molecule has 0 saturated carbocycles. The molecule has 1 heterocycles. The van der Waals surface area contributed by atoms with Gasteiger partial charge in [-0.05, 0) is 48.3 Å². The Balaban J connectivity index is 1.41. The zero-order chi connectivity index (χ0) is 20.5. The van der Waals surface area contributed by atoms with E-state index in [0.29, 0.717) is 25.0 Å². The van der Waals surface area contributed by atoms with Gasteiger partial charge in [-0.3, -0.25) is 4.79 Å². The molecular formula is C23H28N2O3S. The number of rotatable bonds is 10. The summed E-state index contributed by atoms with van der Waals surface area (Å²) in [6.07, 6.45) is 17.2. The third-order valence-corrected chi connectivity index (χ3v) is 5.95. The Morgan fingerprint density at radius 2 is 2.24 bits per heavy atom. The number of carboxylic acid groups (broad SMARTS) is 1. The molecule has 0 aromatic carbocycles. The van der Waals surface area contributed by atoms with Gasteiger partial charge in [0.15, 0.2) is 6.61 Å². The summed E-state index contributed by atoms with van der Waals surface area (Å²) < 4.78 is 0. The molecule has 0 amide bonds. The van der Waals surface area contributed by atoms with Crippen LogP contribution < -0.4 is 5.32 Å². The second-order valence-corrected chi connectivity index (χ2v) is 8.31. The zero-order valence-corrected chi connectivity index (χ0v) is 17.5. The van der Waals surface area contributed by atoms with Crippen LogP contribution in [0.3, 0.4) is 0 Å². The first-order chi connectivity index (χ1) is 14.1. The van der Waals surface area contributed by atoms with Gasteiger partial charge in [0, 0.05) is 23.9 Å². The molecule has 0 fully saturated rings. The first-order valence-corrected chi connectivity index (χ1v) is 10.9. The molecule has 0 saturated heterocycles. The summed E-state index contributed by atoms with van der Waals surface area (Å²) in [5, 5.41) is 18.3. The van der Waals surface area contributed by atoms with E-state index in [9.17, 15) is 4.79 Å². The molecule has 29 heavy (non-hydrogen) atoms. The molecule has 6 heteroatoms. The second-order valence-electron chi connectivity index (χ2n) is 7.31. The molecule has 3 rings (SSSR count). The number of carboxylic acids is 1. The Bertz CT molecular complexity index is 848. The second kappa shape index (κ2) is 10.9. The lowest BCUT2D eigenvalue weighted by Gasteiger charge is -2.16. The Labute approximate surface area is 176 Å². The minimum atomic E-state index is -0.771. The summed E-state index contributed by atoms with van der Waals surface area (Å²) in [4.78, 5) is 17.3. The van der Waals surface area contributed by atoms with Gasteiger partial charge in [0.05, 0.1) is 12.1 Å². The molecule has 0 bridgehead atoms. The molecule has 2 atom stereocenters. The van der Waals surface area contributed by atoms with Crippen molar-refractivity contribution in [2.24, 2.45) is 11.1 Å². The quantitative estimate of drug-likeness (QED) is 0.329. The third-order valence-electron chi connectivity index (χ3n) is 5.02.